The van der Waals surface area contributed by atoms with Gasteiger partial charge in [0.25, 0.3) is 10.0 Å². The Labute approximate surface area is 191 Å². The molecule has 8 heteroatoms. The first-order valence-corrected chi connectivity index (χ1v) is 13.6. The third kappa shape index (κ3) is 4.98. The summed E-state index contributed by atoms with van der Waals surface area (Å²) >= 11 is 4.55. The van der Waals surface area contributed by atoms with Crippen molar-refractivity contribution in [2.24, 2.45) is 11.8 Å². The molecule has 0 N–H and O–H groups in total. The summed E-state index contributed by atoms with van der Waals surface area (Å²) in [5.41, 5.74) is 1.36. The molecule has 1 unspecified atom stereocenters. The Hall–Kier alpha value is -1.22. The summed E-state index contributed by atoms with van der Waals surface area (Å²) in [5.74, 6) is 0.500. The molecule has 162 valence electrons. The van der Waals surface area contributed by atoms with Gasteiger partial charge in [0.05, 0.1) is 9.70 Å². The summed E-state index contributed by atoms with van der Waals surface area (Å²) in [5, 5.41) is 0. The van der Waals surface area contributed by atoms with Crippen LogP contribution in [-0.2, 0) is 21.2 Å². The van der Waals surface area contributed by atoms with E-state index in [-0.39, 0.29) is 11.8 Å². The van der Waals surface area contributed by atoms with Crippen molar-refractivity contribution in [3.8, 4) is 0 Å². The second-order valence-corrected chi connectivity index (χ2v) is 12.8. The number of amides is 1. The van der Waals surface area contributed by atoms with Crippen LogP contribution in [0, 0.1) is 11.8 Å². The molecule has 1 atom stereocenters. The van der Waals surface area contributed by atoms with E-state index in [0.29, 0.717) is 23.2 Å². The summed E-state index contributed by atoms with van der Waals surface area (Å²) in [7, 11) is -3.53. The molecule has 1 amide bonds. The van der Waals surface area contributed by atoms with E-state index >= 15 is 0 Å². The molecular formula is C22H27BrN2O3S2. The minimum Gasteiger partial charge on any atom is -0.342 e. The predicted molar refractivity (Wildman–Crippen MR) is 123 cm³/mol. The highest BCUT2D eigenvalue weighted by molar-refractivity contribution is 9.11. The number of carbonyl (C=O) groups excluding carboxylic acids is 1. The van der Waals surface area contributed by atoms with Gasteiger partial charge in [-0.1, -0.05) is 30.3 Å². The van der Waals surface area contributed by atoms with Gasteiger partial charge in [-0.25, -0.2) is 8.42 Å². The van der Waals surface area contributed by atoms with E-state index in [1.165, 1.54) is 21.2 Å². The zero-order chi connectivity index (χ0) is 21.1. The Bertz CT molecular complexity index is 969. The SMILES string of the molecule is O=C(C1CCCN(S(=O)(=O)c2ccc(Br)s2)C1)N1CCC(Cc2ccccc2)CC1. The number of piperidine rings is 2. The van der Waals surface area contributed by atoms with Gasteiger partial charge in [0, 0.05) is 26.2 Å². The lowest BCUT2D eigenvalue weighted by Crippen LogP contribution is -2.48. The van der Waals surface area contributed by atoms with Gasteiger partial charge in [0.15, 0.2) is 0 Å². The number of sulfonamides is 1. The van der Waals surface area contributed by atoms with Crippen LogP contribution in [0.4, 0.5) is 0 Å². The van der Waals surface area contributed by atoms with Gasteiger partial charge in [-0.2, -0.15) is 4.31 Å². The standard InChI is InChI=1S/C22H27BrN2O3S2/c23-20-8-9-21(29-20)30(27,28)25-12-4-7-19(16-25)22(26)24-13-10-18(11-14-24)15-17-5-2-1-3-6-17/h1-3,5-6,8-9,18-19H,4,7,10-16H2. The molecule has 0 aliphatic carbocycles. The minimum absolute atomic E-state index is 0.125. The Balaban J connectivity index is 1.34. The first kappa shape index (κ1) is 22.0. The lowest BCUT2D eigenvalue weighted by Gasteiger charge is -2.37. The van der Waals surface area contributed by atoms with Gasteiger partial charge < -0.3 is 4.90 Å². The van der Waals surface area contributed by atoms with Crippen molar-refractivity contribution in [1.29, 1.82) is 0 Å². The number of rotatable bonds is 5. The zero-order valence-electron chi connectivity index (χ0n) is 16.9. The molecule has 2 fully saturated rings. The normalized spacial score (nSPS) is 21.6. The van der Waals surface area contributed by atoms with Crippen LogP contribution in [0.25, 0.3) is 0 Å². The molecule has 0 bridgehead atoms. The van der Waals surface area contributed by atoms with Crippen molar-refractivity contribution in [1.82, 2.24) is 9.21 Å². The number of benzene rings is 1. The highest BCUT2D eigenvalue weighted by Gasteiger charge is 2.36. The second-order valence-electron chi connectivity index (χ2n) is 8.22. The zero-order valence-corrected chi connectivity index (χ0v) is 20.1. The molecular weight excluding hydrogens is 484 g/mol. The number of hydrogen-bond donors (Lipinski definition) is 0. The maximum atomic E-state index is 13.1. The Morgan fingerprint density at radius 1 is 1.03 bits per heavy atom. The largest absolute Gasteiger partial charge is 0.342 e. The quantitative estimate of drug-likeness (QED) is 0.599. The van der Waals surface area contributed by atoms with E-state index in [1.54, 1.807) is 12.1 Å². The Kier molecular flexibility index (Phi) is 6.97. The van der Waals surface area contributed by atoms with Crippen LogP contribution in [0.3, 0.4) is 0 Å². The van der Waals surface area contributed by atoms with Crippen molar-refractivity contribution in [3.05, 3.63) is 51.8 Å². The van der Waals surface area contributed by atoms with Crippen molar-refractivity contribution in [2.45, 2.75) is 36.3 Å². The number of hydrogen-bond acceptors (Lipinski definition) is 4. The monoisotopic (exact) mass is 510 g/mol. The molecule has 5 nitrogen and oxygen atoms in total. The lowest BCUT2D eigenvalue weighted by molar-refractivity contribution is -0.138. The van der Waals surface area contributed by atoms with E-state index < -0.39 is 10.0 Å². The topological polar surface area (TPSA) is 57.7 Å². The van der Waals surface area contributed by atoms with Crippen LogP contribution >= 0.6 is 27.3 Å². The van der Waals surface area contributed by atoms with Crippen LogP contribution in [0.5, 0.6) is 0 Å². The maximum Gasteiger partial charge on any atom is 0.252 e. The van der Waals surface area contributed by atoms with E-state index in [1.807, 2.05) is 11.0 Å². The van der Waals surface area contributed by atoms with E-state index in [0.717, 1.165) is 49.0 Å². The molecule has 2 saturated heterocycles. The van der Waals surface area contributed by atoms with Crippen LogP contribution in [0.1, 0.15) is 31.2 Å². The fraction of sp³-hybridized carbons (Fsp3) is 0.500. The first-order chi connectivity index (χ1) is 14.4. The summed E-state index contributed by atoms with van der Waals surface area (Å²) in [6.45, 7) is 2.33. The van der Waals surface area contributed by atoms with Crippen molar-refractivity contribution >= 4 is 43.2 Å². The number of halogens is 1. The molecule has 0 saturated carbocycles. The predicted octanol–water partition coefficient (Wildman–Crippen LogP) is 4.39. The van der Waals surface area contributed by atoms with Crippen LogP contribution in [0.15, 0.2) is 50.5 Å². The Morgan fingerprint density at radius 2 is 1.77 bits per heavy atom. The van der Waals surface area contributed by atoms with Gasteiger partial charge in [-0.15, -0.1) is 11.3 Å². The average molecular weight is 512 g/mol. The number of carbonyl (C=O) groups is 1. The molecule has 0 spiro atoms. The molecule has 0 radical (unpaired) electrons. The van der Waals surface area contributed by atoms with E-state index in [9.17, 15) is 13.2 Å². The molecule has 30 heavy (non-hydrogen) atoms. The lowest BCUT2D eigenvalue weighted by atomic mass is 9.89. The maximum absolute atomic E-state index is 13.1. The number of thiophene rings is 1. The molecule has 2 aromatic rings. The van der Waals surface area contributed by atoms with Crippen LogP contribution < -0.4 is 0 Å². The molecule has 1 aromatic carbocycles. The van der Waals surface area contributed by atoms with Gasteiger partial charge in [0.1, 0.15) is 4.21 Å². The summed E-state index contributed by atoms with van der Waals surface area (Å²) in [4.78, 5) is 15.1. The van der Waals surface area contributed by atoms with Crippen LogP contribution in [0.2, 0.25) is 0 Å². The van der Waals surface area contributed by atoms with E-state index in [2.05, 4.69) is 40.2 Å². The van der Waals surface area contributed by atoms with Gasteiger partial charge in [-0.3, -0.25) is 4.79 Å². The first-order valence-electron chi connectivity index (χ1n) is 10.5. The van der Waals surface area contributed by atoms with Crippen molar-refractivity contribution in [3.63, 3.8) is 0 Å². The molecule has 4 rings (SSSR count). The third-order valence-electron chi connectivity index (χ3n) is 6.17. The minimum atomic E-state index is -3.53. The number of nitrogens with zero attached hydrogens (tertiary/aromatic N) is 2. The van der Waals surface area contributed by atoms with Crippen molar-refractivity contribution < 1.29 is 13.2 Å². The van der Waals surface area contributed by atoms with Gasteiger partial charge in [-0.05, 0) is 71.6 Å². The highest BCUT2D eigenvalue weighted by Crippen LogP contribution is 2.32. The third-order valence-corrected chi connectivity index (χ3v) is 10.1. The second kappa shape index (κ2) is 9.51. The average Bonchev–Trinajstić information content (AvgIpc) is 3.22. The smallest absolute Gasteiger partial charge is 0.252 e. The van der Waals surface area contributed by atoms with Gasteiger partial charge >= 0.3 is 0 Å². The number of likely N-dealkylation sites (tertiary alicyclic amines) is 1. The molecule has 3 heterocycles. The summed E-state index contributed by atoms with van der Waals surface area (Å²) in [6, 6.07) is 13.9. The summed E-state index contributed by atoms with van der Waals surface area (Å²) in [6.07, 6.45) is 4.58. The summed E-state index contributed by atoms with van der Waals surface area (Å²) < 4.78 is 28.5. The van der Waals surface area contributed by atoms with E-state index in [4.69, 9.17) is 0 Å². The fourth-order valence-electron chi connectivity index (χ4n) is 4.49. The fourth-order valence-corrected chi connectivity index (χ4v) is 8.18. The Morgan fingerprint density at radius 3 is 2.43 bits per heavy atom. The van der Waals surface area contributed by atoms with Crippen molar-refractivity contribution in [2.75, 3.05) is 26.2 Å². The molecule has 1 aromatic heterocycles. The molecule has 2 aliphatic heterocycles. The molecule has 2 aliphatic rings. The van der Waals surface area contributed by atoms with Crippen LogP contribution in [-0.4, -0.2) is 49.7 Å². The highest BCUT2D eigenvalue weighted by atomic mass is 79.9. The van der Waals surface area contributed by atoms with Gasteiger partial charge in [0.2, 0.25) is 5.91 Å².